The van der Waals surface area contributed by atoms with Crippen LogP contribution >= 0.6 is 23.2 Å². The predicted octanol–water partition coefficient (Wildman–Crippen LogP) is 3.66. The lowest BCUT2D eigenvalue weighted by molar-refractivity contribution is -0.129. The molecule has 3 rings (SSSR count). The molecule has 130 valence electrons. The maximum absolute atomic E-state index is 12.4. The van der Waals surface area contributed by atoms with Gasteiger partial charge in [-0.05, 0) is 23.3 Å². The van der Waals surface area contributed by atoms with Crippen LogP contribution in [-0.2, 0) is 22.7 Å². The van der Waals surface area contributed by atoms with E-state index in [1.807, 2.05) is 36.4 Å². The van der Waals surface area contributed by atoms with E-state index in [-0.39, 0.29) is 24.2 Å². The Balaban J connectivity index is 1.57. The zero-order valence-electron chi connectivity index (χ0n) is 13.5. The summed E-state index contributed by atoms with van der Waals surface area (Å²) in [6.07, 6.45) is 0.221. The minimum atomic E-state index is -0.350. The first-order chi connectivity index (χ1) is 12.0. The number of hydrogen-bond acceptors (Lipinski definition) is 2. The maximum Gasteiger partial charge on any atom is 0.225 e. The van der Waals surface area contributed by atoms with Gasteiger partial charge in [-0.15, -0.1) is 0 Å². The van der Waals surface area contributed by atoms with Gasteiger partial charge in [0.05, 0.1) is 5.92 Å². The molecule has 1 aliphatic heterocycles. The molecule has 0 saturated carbocycles. The Kier molecular flexibility index (Phi) is 5.61. The van der Waals surface area contributed by atoms with E-state index in [2.05, 4.69) is 5.32 Å². The molecular weight excluding hydrogens is 359 g/mol. The molecule has 1 aliphatic rings. The third kappa shape index (κ3) is 4.33. The number of halogens is 2. The number of likely N-dealkylation sites (tertiary alicyclic amines) is 1. The second-order valence-electron chi connectivity index (χ2n) is 6.08. The highest BCUT2D eigenvalue weighted by molar-refractivity contribution is 6.31. The van der Waals surface area contributed by atoms with Gasteiger partial charge in [0.25, 0.3) is 0 Å². The van der Waals surface area contributed by atoms with Crippen molar-refractivity contribution < 1.29 is 9.59 Å². The molecule has 2 aromatic carbocycles. The van der Waals surface area contributed by atoms with Crippen LogP contribution in [0.2, 0.25) is 10.0 Å². The van der Waals surface area contributed by atoms with Crippen molar-refractivity contribution in [2.45, 2.75) is 19.5 Å². The molecule has 6 heteroatoms. The van der Waals surface area contributed by atoms with Gasteiger partial charge >= 0.3 is 0 Å². The largest absolute Gasteiger partial charge is 0.352 e. The fourth-order valence-electron chi connectivity index (χ4n) is 2.90. The van der Waals surface area contributed by atoms with E-state index in [0.717, 1.165) is 11.1 Å². The van der Waals surface area contributed by atoms with Crippen LogP contribution in [0, 0.1) is 5.92 Å². The number of carbonyl (C=O) groups excluding carboxylic acids is 2. The summed E-state index contributed by atoms with van der Waals surface area (Å²) in [5.41, 5.74) is 1.74. The molecule has 4 nitrogen and oxygen atoms in total. The van der Waals surface area contributed by atoms with Crippen molar-refractivity contribution >= 4 is 35.0 Å². The maximum atomic E-state index is 12.4. The van der Waals surface area contributed by atoms with E-state index in [1.165, 1.54) is 0 Å². The first-order valence-corrected chi connectivity index (χ1v) is 8.82. The lowest BCUT2D eigenvalue weighted by Crippen LogP contribution is -2.32. The van der Waals surface area contributed by atoms with Crippen molar-refractivity contribution in [2.75, 3.05) is 6.54 Å². The highest BCUT2D eigenvalue weighted by Crippen LogP contribution is 2.24. The summed E-state index contributed by atoms with van der Waals surface area (Å²) in [6.45, 7) is 1.18. The van der Waals surface area contributed by atoms with E-state index in [4.69, 9.17) is 23.2 Å². The second kappa shape index (κ2) is 7.89. The van der Waals surface area contributed by atoms with Gasteiger partial charge in [0.15, 0.2) is 0 Å². The molecule has 1 heterocycles. The lowest BCUT2D eigenvalue weighted by Gasteiger charge is -2.17. The van der Waals surface area contributed by atoms with Gasteiger partial charge in [0, 0.05) is 36.1 Å². The number of nitrogens with zero attached hydrogens (tertiary/aromatic N) is 1. The van der Waals surface area contributed by atoms with Crippen LogP contribution in [0.25, 0.3) is 0 Å². The van der Waals surface area contributed by atoms with E-state index in [9.17, 15) is 9.59 Å². The summed E-state index contributed by atoms with van der Waals surface area (Å²) in [4.78, 5) is 26.3. The summed E-state index contributed by atoms with van der Waals surface area (Å²) in [6, 6.07) is 14.8. The first kappa shape index (κ1) is 17.8. The Labute approximate surface area is 156 Å². The molecule has 2 aromatic rings. The number of hydrogen-bond donors (Lipinski definition) is 1. The zero-order chi connectivity index (χ0) is 17.8. The predicted molar refractivity (Wildman–Crippen MR) is 98.3 cm³/mol. The molecule has 0 aromatic heterocycles. The minimum absolute atomic E-state index is 0.0298. The number of benzene rings is 2. The number of nitrogens with one attached hydrogen (secondary N) is 1. The molecule has 1 saturated heterocycles. The molecule has 0 aliphatic carbocycles. The van der Waals surface area contributed by atoms with Gasteiger partial charge in [-0.2, -0.15) is 0 Å². The van der Waals surface area contributed by atoms with Crippen LogP contribution in [0.15, 0.2) is 48.5 Å². The summed E-state index contributed by atoms with van der Waals surface area (Å²) >= 11 is 12.2. The Hall–Kier alpha value is -2.04. The normalized spacial score (nSPS) is 17.0. The third-order valence-corrected chi connectivity index (χ3v) is 5.05. The van der Waals surface area contributed by atoms with Crippen molar-refractivity contribution in [2.24, 2.45) is 5.92 Å². The van der Waals surface area contributed by atoms with Crippen molar-refractivity contribution in [1.82, 2.24) is 10.2 Å². The molecule has 1 unspecified atom stereocenters. The van der Waals surface area contributed by atoms with Gasteiger partial charge in [0.2, 0.25) is 11.8 Å². The fourth-order valence-corrected chi connectivity index (χ4v) is 3.30. The summed E-state index contributed by atoms with van der Waals surface area (Å²) in [7, 11) is 0. The summed E-state index contributed by atoms with van der Waals surface area (Å²) in [5.74, 6) is -0.509. The molecule has 1 N–H and O–H groups in total. The average molecular weight is 377 g/mol. The van der Waals surface area contributed by atoms with Crippen LogP contribution in [0.3, 0.4) is 0 Å². The molecule has 1 atom stereocenters. The van der Waals surface area contributed by atoms with Gasteiger partial charge in [-0.25, -0.2) is 0 Å². The number of carbonyl (C=O) groups is 2. The van der Waals surface area contributed by atoms with Crippen LogP contribution in [0.1, 0.15) is 17.5 Å². The Morgan fingerprint density at radius 2 is 1.64 bits per heavy atom. The SMILES string of the molecule is O=C(NCc1ccccc1Cl)C1CC(=O)N(Cc2ccccc2Cl)C1. The average Bonchev–Trinajstić information content (AvgIpc) is 2.97. The standard InChI is InChI=1S/C19H18Cl2N2O2/c20-16-7-3-1-5-13(16)10-22-19(25)15-9-18(24)23(12-15)11-14-6-2-4-8-17(14)21/h1-8,15H,9-12H2,(H,22,25). The monoisotopic (exact) mass is 376 g/mol. The van der Waals surface area contributed by atoms with E-state index < -0.39 is 0 Å². The van der Waals surface area contributed by atoms with Gasteiger partial charge < -0.3 is 10.2 Å². The molecule has 1 fully saturated rings. The third-order valence-electron chi connectivity index (χ3n) is 4.32. The molecule has 2 amide bonds. The highest BCUT2D eigenvalue weighted by atomic mass is 35.5. The van der Waals surface area contributed by atoms with Crippen LogP contribution in [0.5, 0.6) is 0 Å². The summed E-state index contributed by atoms with van der Waals surface area (Å²) < 4.78 is 0. The van der Waals surface area contributed by atoms with E-state index in [1.54, 1.807) is 17.0 Å². The van der Waals surface area contributed by atoms with E-state index in [0.29, 0.717) is 29.7 Å². The van der Waals surface area contributed by atoms with Gasteiger partial charge in [-0.3, -0.25) is 9.59 Å². The first-order valence-electron chi connectivity index (χ1n) is 8.07. The molecule has 0 spiro atoms. The Bertz CT molecular complexity index is 794. The molecule has 0 radical (unpaired) electrons. The summed E-state index contributed by atoms with van der Waals surface area (Å²) in [5, 5.41) is 4.11. The van der Waals surface area contributed by atoms with Crippen LogP contribution in [-0.4, -0.2) is 23.3 Å². The van der Waals surface area contributed by atoms with Crippen molar-refractivity contribution in [3.8, 4) is 0 Å². The molecule has 25 heavy (non-hydrogen) atoms. The van der Waals surface area contributed by atoms with Crippen LogP contribution < -0.4 is 5.32 Å². The van der Waals surface area contributed by atoms with Crippen LogP contribution in [0.4, 0.5) is 0 Å². The lowest BCUT2D eigenvalue weighted by atomic mass is 10.1. The fraction of sp³-hybridized carbons (Fsp3) is 0.263. The Morgan fingerprint density at radius 3 is 2.28 bits per heavy atom. The van der Waals surface area contributed by atoms with Crippen molar-refractivity contribution in [3.05, 3.63) is 69.7 Å². The Morgan fingerprint density at radius 1 is 1.04 bits per heavy atom. The zero-order valence-corrected chi connectivity index (χ0v) is 15.1. The molecule has 0 bridgehead atoms. The minimum Gasteiger partial charge on any atom is -0.352 e. The van der Waals surface area contributed by atoms with Gasteiger partial charge in [-0.1, -0.05) is 59.6 Å². The number of rotatable bonds is 5. The van der Waals surface area contributed by atoms with Crippen molar-refractivity contribution in [3.63, 3.8) is 0 Å². The topological polar surface area (TPSA) is 49.4 Å². The second-order valence-corrected chi connectivity index (χ2v) is 6.89. The van der Waals surface area contributed by atoms with Gasteiger partial charge in [0.1, 0.15) is 0 Å². The van der Waals surface area contributed by atoms with E-state index >= 15 is 0 Å². The molecular formula is C19H18Cl2N2O2. The highest BCUT2D eigenvalue weighted by Gasteiger charge is 2.34. The number of amides is 2. The quantitative estimate of drug-likeness (QED) is 0.865. The van der Waals surface area contributed by atoms with Crippen molar-refractivity contribution in [1.29, 1.82) is 0 Å². The smallest absolute Gasteiger partial charge is 0.225 e.